The molecule has 1 unspecified atom stereocenters. The third-order valence-electron chi connectivity index (χ3n) is 4.10. The van der Waals surface area contributed by atoms with Gasteiger partial charge in [-0.1, -0.05) is 6.07 Å². The average Bonchev–Trinajstić information content (AvgIpc) is 2.51. The second-order valence-electron chi connectivity index (χ2n) is 5.88. The molecule has 0 radical (unpaired) electrons. The molecule has 1 heterocycles. The van der Waals surface area contributed by atoms with Gasteiger partial charge in [0, 0.05) is 38.4 Å². The Bertz CT molecular complexity index is 691. The van der Waals surface area contributed by atoms with Crippen LogP contribution < -0.4 is 5.32 Å². The van der Waals surface area contributed by atoms with Gasteiger partial charge in [0.05, 0.1) is 5.25 Å². The van der Waals surface area contributed by atoms with Gasteiger partial charge in [-0.3, -0.25) is 0 Å². The Morgan fingerprint density at radius 2 is 2.09 bits per heavy atom. The maximum absolute atomic E-state index is 13.5. The van der Waals surface area contributed by atoms with Crippen LogP contribution in [0.3, 0.4) is 0 Å². The largest absolute Gasteiger partial charge is 0.323 e. The molecule has 0 bridgehead atoms. The zero-order valence-electron chi connectivity index (χ0n) is 13.5. The van der Waals surface area contributed by atoms with Crippen molar-refractivity contribution in [3.8, 4) is 0 Å². The first kappa shape index (κ1) is 17.7. The molecule has 0 saturated carbocycles. The summed E-state index contributed by atoms with van der Waals surface area (Å²) in [4.78, 5) is 13.8. The summed E-state index contributed by atoms with van der Waals surface area (Å²) in [6.07, 6.45) is 1.15. The fraction of sp³-hybridized carbons (Fsp3) is 0.533. The highest BCUT2D eigenvalue weighted by Crippen LogP contribution is 2.21. The molecule has 1 fully saturated rings. The van der Waals surface area contributed by atoms with E-state index in [0.29, 0.717) is 30.6 Å². The Morgan fingerprint density at radius 3 is 2.74 bits per heavy atom. The van der Waals surface area contributed by atoms with E-state index < -0.39 is 27.1 Å². The summed E-state index contributed by atoms with van der Waals surface area (Å²) in [6, 6.07) is 4.06. The predicted molar refractivity (Wildman–Crippen MR) is 87.4 cm³/mol. The number of nitrogens with one attached hydrogen (secondary N) is 1. The van der Waals surface area contributed by atoms with E-state index in [1.807, 2.05) is 0 Å². The predicted octanol–water partition coefficient (Wildman–Crippen LogP) is 2.02. The average molecular weight is 343 g/mol. The number of rotatable bonds is 3. The Hall–Kier alpha value is -1.67. The van der Waals surface area contributed by atoms with Gasteiger partial charge >= 0.3 is 6.03 Å². The Morgan fingerprint density at radius 1 is 1.39 bits per heavy atom. The lowest BCUT2D eigenvalue weighted by Crippen LogP contribution is -2.49. The smallest absolute Gasteiger partial charge is 0.321 e. The van der Waals surface area contributed by atoms with Crippen molar-refractivity contribution < 1.29 is 17.6 Å². The first-order chi connectivity index (χ1) is 10.7. The van der Waals surface area contributed by atoms with Crippen LogP contribution in [0.25, 0.3) is 0 Å². The molecule has 1 aliphatic heterocycles. The number of amides is 2. The standard InChI is InChI=1S/C15H22FN3O3S/c1-11-13(16)7-4-8-14(11)17-15(20)19-9-5-6-12(10-19)23(21,22)18(2)3/h4,7-8,12H,5-6,9-10H2,1-3H3,(H,17,20). The number of piperidine rings is 1. The summed E-state index contributed by atoms with van der Waals surface area (Å²) in [5.41, 5.74) is 0.753. The Balaban J connectivity index is 2.09. The van der Waals surface area contributed by atoms with Crippen LogP contribution in [-0.2, 0) is 10.0 Å². The van der Waals surface area contributed by atoms with Crippen molar-refractivity contribution >= 4 is 21.7 Å². The number of nitrogens with zero attached hydrogens (tertiary/aromatic N) is 2. The van der Waals surface area contributed by atoms with Crippen molar-refractivity contribution in [2.45, 2.75) is 25.0 Å². The molecular weight excluding hydrogens is 321 g/mol. The minimum absolute atomic E-state index is 0.140. The van der Waals surface area contributed by atoms with E-state index in [4.69, 9.17) is 0 Å². The second kappa shape index (κ2) is 6.84. The maximum Gasteiger partial charge on any atom is 0.321 e. The van der Waals surface area contributed by atoms with Gasteiger partial charge in [0.2, 0.25) is 10.0 Å². The van der Waals surface area contributed by atoms with Gasteiger partial charge < -0.3 is 10.2 Å². The molecule has 0 aromatic heterocycles. The number of hydrogen-bond acceptors (Lipinski definition) is 3. The van der Waals surface area contributed by atoms with Gasteiger partial charge in [-0.15, -0.1) is 0 Å². The van der Waals surface area contributed by atoms with Crippen molar-refractivity contribution in [3.05, 3.63) is 29.6 Å². The van der Waals surface area contributed by atoms with Crippen LogP contribution >= 0.6 is 0 Å². The summed E-state index contributed by atoms with van der Waals surface area (Å²) in [5, 5.41) is 2.05. The van der Waals surface area contributed by atoms with E-state index in [9.17, 15) is 17.6 Å². The molecule has 1 saturated heterocycles. The van der Waals surface area contributed by atoms with Crippen LogP contribution in [0.1, 0.15) is 18.4 Å². The van der Waals surface area contributed by atoms with Gasteiger partial charge in [0.1, 0.15) is 5.82 Å². The highest BCUT2D eigenvalue weighted by atomic mass is 32.2. The van der Waals surface area contributed by atoms with E-state index in [2.05, 4.69) is 5.32 Å². The molecule has 0 aliphatic carbocycles. The first-order valence-corrected chi connectivity index (χ1v) is 8.96. The number of carbonyl (C=O) groups is 1. The van der Waals surface area contributed by atoms with Crippen LogP contribution in [-0.4, -0.2) is 56.1 Å². The molecule has 1 N–H and O–H groups in total. The summed E-state index contributed by atoms with van der Waals surface area (Å²) in [7, 11) is -0.421. The molecule has 0 spiro atoms. The van der Waals surface area contributed by atoms with Crippen molar-refractivity contribution in [2.75, 3.05) is 32.5 Å². The van der Waals surface area contributed by atoms with Crippen LogP contribution in [0.2, 0.25) is 0 Å². The molecule has 2 amide bonds. The van der Waals surface area contributed by atoms with E-state index in [-0.39, 0.29) is 6.54 Å². The monoisotopic (exact) mass is 343 g/mol. The number of sulfonamides is 1. The second-order valence-corrected chi connectivity index (χ2v) is 8.31. The highest BCUT2D eigenvalue weighted by molar-refractivity contribution is 7.89. The lowest BCUT2D eigenvalue weighted by molar-refractivity contribution is 0.200. The van der Waals surface area contributed by atoms with Crippen molar-refractivity contribution in [3.63, 3.8) is 0 Å². The zero-order valence-corrected chi connectivity index (χ0v) is 14.4. The molecule has 1 atom stereocenters. The molecule has 1 aliphatic rings. The van der Waals surface area contributed by atoms with Gasteiger partial charge in [-0.2, -0.15) is 0 Å². The van der Waals surface area contributed by atoms with Crippen LogP contribution in [0.5, 0.6) is 0 Å². The number of likely N-dealkylation sites (tertiary alicyclic amines) is 1. The minimum atomic E-state index is -3.40. The minimum Gasteiger partial charge on any atom is -0.323 e. The third kappa shape index (κ3) is 3.81. The lowest BCUT2D eigenvalue weighted by atomic mass is 10.1. The molecule has 6 nitrogen and oxygen atoms in total. The van der Waals surface area contributed by atoms with Gasteiger partial charge in [0.25, 0.3) is 0 Å². The zero-order chi connectivity index (χ0) is 17.2. The van der Waals surface area contributed by atoms with Crippen LogP contribution in [0, 0.1) is 12.7 Å². The number of benzene rings is 1. The molecular formula is C15H22FN3O3S. The van der Waals surface area contributed by atoms with Gasteiger partial charge in [0.15, 0.2) is 0 Å². The quantitative estimate of drug-likeness (QED) is 0.913. The Labute approximate surface area is 136 Å². The van der Waals surface area contributed by atoms with Gasteiger partial charge in [-0.25, -0.2) is 21.9 Å². The number of anilines is 1. The van der Waals surface area contributed by atoms with Gasteiger partial charge in [-0.05, 0) is 31.9 Å². The molecule has 23 heavy (non-hydrogen) atoms. The maximum atomic E-state index is 13.5. The summed E-state index contributed by atoms with van der Waals surface area (Å²) in [6.45, 7) is 2.21. The van der Waals surface area contributed by atoms with Crippen LogP contribution in [0.15, 0.2) is 18.2 Å². The molecule has 2 rings (SSSR count). The molecule has 1 aromatic rings. The number of urea groups is 1. The first-order valence-electron chi connectivity index (χ1n) is 7.46. The van der Waals surface area contributed by atoms with E-state index >= 15 is 0 Å². The third-order valence-corrected chi connectivity index (χ3v) is 6.35. The molecule has 128 valence electrons. The number of halogens is 1. The van der Waals surface area contributed by atoms with E-state index in [1.165, 1.54) is 35.4 Å². The SMILES string of the molecule is Cc1c(F)cccc1NC(=O)N1CCCC(S(=O)(=O)N(C)C)C1. The van der Waals surface area contributed by atoms with Crippen molar-refractivity contribution in [2.24, 2.45) is 0 Å². The number of hydrogen-bond donors (Lipinski definition) is 1. The molecule has 1 aromatic carbocycles. The van der Waals surface area contributed by atoms with Crippen molar-refractivity contribution in [1.82, 2.24) is 9.21 Å². The summed E-state index contributed by atoms with van der Waals surface area (Å²) >= 11 is 0. The van der Waals surface area contributed by atoms with Crippen LogP contribution in [0.4, 0.5) is 14.9 Å². The fourth-order valence-electron chi connectivity index (χ4n) is 2.60. The lowest BCUT2D eigenvalue weighted by Gasteiger charge is -2.33. The highest BCUT2D eigenvalue weighted by Gasteiger charge is 2.34. The summed E-state index contributed by atoms with van der Waals surface area (Å²) in [5.74, 6) is -0.394. The van der Waals surface area contributed by atoms with Crippen molar-refractivity contribution in [1.29, 1.82) is 0 Å². The summed E-state index contributed by atoms with van der Waals surface area (Å²) < 4.78 is 39.2. The topological polar surface area (TPSA) is 69.7 Å². The normalized spacial score (nSPS) is 19.0. The fourth-order valence-corrected chi connectivity index (χ4v) is 4.03. The van der Waals surface area contributed by atoms with E-state index in [1.54, 1.807) is 13.0 Å². The molecule has 8 heteroatoms. The number of carbonyl (C=O) groups excluding carboxylic acids is 1. The van der Waals surface area contributed by atoms with E-state index in [0.717, 1.165) is 0 Å². The Kier molecular flexibility index (Phi) is 5.26.